The topological polar surface area (TPSA) is 134 Å². The zero-order valence-electron chi connectivity index (χ0n) is 14.9. The molecule has 0 aliphatic rings. The minimum atomic E-state index is -0.361. The van der Waals surface area contributed by atoms with Crippen molar-refractivity contribution in [1.29, 1.82) is 5.26 Å². The summed E-state index contributed by atoms with van der Waals surface area (Å²) >= 11 is 0. The van der Waals surface area contributed by atoms with E-state index in [9.17, 15) is 9.59 Å². The molecule has 1 aromatic heterocycles. The molecule has 3 rings (SSSR count). The van der Waals surface area contributed by atoms with Crippen molar-refractivity contribution in [2.24, 2.45) is 0 Å². The average molecular weight is 372 g/mol. The Bertz CT molecular complexity index is 1070. The Morgan fingerprint density at radius 3 is 2.25 bits per heavy atom. The summed E-state index contributed by atoms with van der Waals surface area (Å²) in [6, 6.07) is 13.3. The highest BCUT2D eigenvalue weighted by Crippen LogP contribution is 2.18. The lowest BCUT2D eigenvalue weighted by Crippen LogP contribution is -2.16. The summed E-state index contributed by atoms with van der Waals surface area (Å²) < 4.78 is 0. The SMILES string of the molecule is Cc1ccc(NC(=O)c2ccc(C#N)cc2)cc1C(=O)Nc1cnc(N)nc1. The van der Waals surface area contributed by atoms with Gasteiger partial charge in [-0.1, -0.05) is 6.07 Å². The van der Waals surface area contributed by atoms with Gasteiger partial charge in [-0.05, 0) is 48.9 Å². The maximum Gasteiger partial charge on any atom is 0.256 e. The molecule has 0 saturated heterocycles. The third-order valence-corrected chi connectivity index (χ3v) is 3.95. The van der Waals surface area contributed by atoms with E-state index in [1.54, 1.807) is 49.4 Å². The summed E-state index contributed by atoms with van der Waals surface area (Å²) in [4.78, 5) is 32.6. The van der Waals surface area contributed by atoms with Gasteiger partial charge in [-0.3, -0.25) is 9.59 Å². The number of anilines is 3. The van der Waals surface area contributed by atoms with Gasteiger partial charge in [0.05, 0.1) is 29.7 Å². The number of rotatable bonds is 4. The summed E-state index contributed by atoms with van der Waals surface area (Å²) in [6.45, 7) is 1.79. The van der Waals surface area contributed by atoms with Crippen molar-refractivity contribution in [3.63, 3.8) is 0 Å². The predicted octanol–water partition coefficient (Wildman–Crippen LogP) is 2.74. The number of nitrogens with one attached hydrogen (secondary N) is 2. The summed E-state index contributed by atoms with van der Waals surface area (Å²) in [7, 11) is 0. The minimum Gasteiger partial charge on any atom is -0.368 e. The first kappa shape index (κ1) is 18.5. The number of carbonyl (C=O) groups is 2. The molecule has 8 nitrogen and oxygen atoms in total. The number of nitriles is 1. The molecule has 3 aromatic rings. The summed E-state index contributed by atoms with van der Waals surface area (Å²) in [5.74, 6) is -0.589. The maximum atomic E-state index is 12.6. The Morgan fingerprint density at radius 2 is 1.61 bits per heavy atom. The fourth-order valence-electron chi connectivity index (χ4n) is 2.44. The van der Waals surface area contributed by atoms with Crippen molar-refractivity contribution in [1.82, 2.24) is 9.97 Å². The first-order chi connectivity index (χ1) is 13.5. The highest BCUT2D eigenvalue weighted by atomic mass is 16.2. The molecule has 28 heavy (non-hydrogen) atoms. The number of hydrogen-bond acceptors (Lipinski definition) is 6. The molecule has 0 unspecified atom stereocenters. The molecule has 4 N–H and O–H groups in total. The van der Waals surface area contributed by atoms with Crippen LogP contribution in [0.25, 0.3) is 0 Å². The van der Waals surface area contributed by atoms with Gasteiger partial charge in [0.2, 0.25) is 5.95 Å². The lowest BCUT2D eigenvalue weighted by Gasteiger charge is -2.11. The molecule has 0 radical (unpaired) electrons. The first-order valence-electron chi connectivity index (χ1n) is 8.27. The van der Waals surface area contributed by atoms with Crippen LogP contribution in [0.15, 0.2) is 54.9 Å². The van der Waals surface area contributed by atoms with Crippen molar-refractivity contribution < 1.29 is 9.59 Å². The van der Waals surface area contributed by atoms with Gasteiger partial charge in [0.1, 0.15) is 0 Å². The molecule has 1 heterocycles. The molecule has 2 aromatic carbocycles. The van der Waals surface area contributed by atoms with Crippen LogP contribution in [0.3, 0.4) is 0 Å². The van der Waals surface area contributed by atoms with Crippen molar-refractivity contribution >= 4 is 29.1 Å². The number of carbonyl (C=O) groups excluding carboxylic acids is 2. The van der Waals surface area contributed by atoms with Crippen LogP contribution in [0.4, 0.5) is 17.3 Å². The molecule has 0 aliphatic carbocycles. The van der Waals surface area contributed by atoms with Crippen LogP contribution in [0.2, 0.25) is 0 Å². The molecule has 0 bridgehead atoms. The largest absolute Gasteiger partial charge is 0.368 e. The zero-order valence-corrected chi connectivity index (χ0v) is 14.9. The molecule has 0 atom stereocenters. The van der Waals surface area contributed by atoms with E-state index in [0.717, 1.165) is 5.56 Å². The van der Waals surface area contributed by atoms with E-state index in [1.165, 1.54) is 12.4 Å². The van der Waals surface area contributed by atoms with Crippen molar-refractivity contribution in [2.75, 3.05) is 16.4 Å². The third-order valence-electron chi connectivity index (χ3n) is 3.95. The third kappa shape index (κ3) is 4.28. The van der Waals surface area contributed by atoms with Crippen LogP contribution >= 0.6 is 0 Å². The Kier molecular flexibility index (Phi) is 5.28. The molecule has 138 valence electrons. The number of hydrogen-bond donors (Lipinski definition) is 3. The maximum absolute atomic E-state index is 12.6. The van der Waals surface area contributed by atoms with Crippen LogP contribution in [-0.2, 0) is 0 Å². The van der Waals surface area contributed by atoms with Crippen molar-refractivity contribution in [3.05, 3.63) is 77.1 Å². The van der Waals surface area contributed by atoms with Gasteiger partial charge in [-0.2, -0.15) is 5.26 Å². The number of nitrogens with two attached hydrogens (primary N) is 1. The van der Waals surface area contributed by atoms with Crippen LogP contribution in [-0.4, -0.2) is 21.8 Å². The smallest absolute Gasteiger partial charge is 0.256 e. The van der Waals surface area contributed by atoms with Gasteiger partial charge in [-0.15, -0.1) is 0 Å². The van der Waals surface area contributed by atoms with Crippen LogP contribution in [0.5, 0.6) is 0 Å². The van der Waals surface area contributed by atoms with Gasteiger partial charge in [0.25, 0.3) is 11.8 Å². The molecule has 0 saturated carbocycles. The number of nitrogen functional groups attached to an aromatic ring is 1. The fraction of sp³-hybridized carbons (Fsp3) is 0.0500. The van der Waals surface area contributed by atoms with E-state index in [1.807, 2.05) is 6.07 Å². The van der Waals surface area contributed by atoms with Crippen molar-refractivity contribution in [3.8, 4) is 6.07 Å². The molecule has 0 aliphatic heterocycles. The second-order valence-electron chi connectivity index (χ2n) is 5.96. The van der Waals surface area contributed by atoms with Gasteiger partial charge in [0.15, 0.2) is 0 Å². The molecular weight excluding hydrogens is 356 g/mol. The van der Waals surface area contributed by atoms with Crippen LogP contribution < -0.4 is 16.4 Å². The Morgan fingerprint density at radius 1 is 0.964 bits per heavy atom. The van der Waals surface area contributed by atoms with E-state index < -0.39 is 0 Å². The summed E-state index contributed by atoms with van der Waals surface area (Å²) in [6.07, 6.45) is 2.82. The van der Waals surface area contributed by atoms with E-state index in [-0.39, 0.29) is 17.8 Å². The monoisotopic (exact) mass is 372 g/mol. The van der Waals surface area contributed by atoms with Gasteiger partial charge in [0, 0.05) is 16.8 Å². The van der Waals surface area contributed by atoms with Gasteiger partial charge >= 0.3 is 0 Å². The normalized spacial score (nSPS) is 10.0. The summed E-state index contributed by atoms with van der Waals surface area (Å²) in [5.41, 5.74) is 8.33. The lowest BCUT2D eigenvalue weighted by atomic mass is 10.1. The van der Waals surface area contributed by atoms with E-state index in [4.69, 9.17) is 11.0 Å². The molecule has 8 heteroatoms. The van der Waals surface area contributed by atoms with E-state index in [0.29, 0.717) is 28.1 Å². The lowest BCUT2D eigenvalue weighted by molar-refractivity contribution is 0.101. The Balaban J connectivity index is 1.76. The second kappa shape index (κ2) is 7.97. The predicted molar refractivity (Wildman–Crippen MR) is 105 cm³/mol. The highest BCUT2D eigenvalue weighted by Gasteiger charge is 2.13. The Labute approximate surface area is 161 Å². The molecule has 2 amide bonds. The zero-order chi connectivity index (χ0) is 20.1. The van der Waals surface area contributed by atoms with Crippen LogP contribution in [0.1, 0.15) is 31.8 Å². The van der Waals surface area contributed by atoms with E-state index in [2.05, 4.69) is 20.6 Å². The molecule has 0 fully saturated rings. The summed E-state index contributed by atoms with van der Waals surface area (Å²) in [5, 5.41) is 14.3. The number of amides is 2. The standard InChI is InChI=1S/C20H16N6O2/c1-12-2-7-15(25-18(27)14-5-3-13(9-21)4-6-14)8-17(12)19(28)26-16-10-23-20(22)24-11-16/h2-8,10-11H,1H3,(H,25,27)(H,26,28)(H2,22,23,24). The minimum absolute atomic E-state index is 0.113. The number of aromatic nitrogens is 2. The Hall–Kier alpha value is -4.25. The van der Waals surface area contributed by atoms with Gasteiger partial charge < -0.3 is 16.4 Å². The van der Waals surface area contributed by atoms with Crippen LogP contribution in [0, 0.1) is 18.3 Å². The molecular formula is C20H16N6O2. The average Bonchev–Trinajstić information content (AvgIpc) is 2.71. The highest BCUT2D eigenvalue weighted by molar-refractivity contribution is 6.08. The van der Waals surface area contributed by atoms with E-state index >= 15 is 0 Å². The number of benzene rings is 2. The number of nitrogens with zero attached hydrogens (tertiary/aromatic N) is 3. The first-order valence-corrected chi connectivity index (χ1v) is 8.27. The molecule has 0 spiro atoms. The quantitative estimate of drug-likeness (QED) is 0.645. The van der Waals surface area contributed by atoms with Gasteiger partial charge in [-0.25, -0.2) is 9.97 Å². The van der Waals surface area contributed by atoms with Crippen molar-refractivity contribution in [2.45, 2.75) is 6.92 Å². The number of aryl methyl sites for hydroxylation is 1. The second-order valence-corrected chi connectivity index (χ2v) is 5.96. The fourth-order valence-corrected chi connectivity index (χ4v) is 2.44.